The Balaban J connectivity index is 0.00000242. The summed E-state index contributed by atoms with van der Waals surface area (Å²) in [5.74, 6) is 0.487. The topological polar surface area (TPSA) is 58.4 Å². The zero-order valence-electron chi connectivity index (χ0n) is 14.0. The van der Waals surface area contributed by atoms with Gasteiger partial charge in [-0.3, -0.25) is 4.79 Å². The molecule has 0 heterocycles. The molecule has 1 aromatic rings. The van der Waals surface area contributed by atoms with Crippen LogP contribution in [0.25, 0.3) is 0 Å². The summed E-state index contributed by atoms with van der Waals surface area (Å²) in [7, 11) is 4.11. The summed E-state index contributed by atoms with van der Waals surface area (Å²) in [6.45, 7) is 1.51. The van der Waals surface area contributed by atoms with Gasteiger partial charge in [0.15, 0.2) is 0 Å². The summed E-state index contributed by atoms with van der Waals surface area (Å²) >= 11 is 0. The molecule has 0 unspecified atom stereocenters. The number of nitrogens with zero attached hydrogens (tertiary/aromatic N) is 1. The van der Waals surface area contributed by atoms with Crippen LogP contribution in [0.3, 0.4) is 0 Å². The maximum Gasteiger partial charge on any atom is 0.220 e. The Morgan fingerprint density at radius 1 is 1.26 bits per heavy atom. The Bertz CT molecular complexity index is 483. The highest BCUT2D eigenvalue weighted by Crippen LogP contribution is 2.26. The zero-order chi connectivity index (χ0) is 15.2. The van der Waals surface area contributed by atoms with Crippen molar-refractivity contribution in [2.24, 2.45) is 11.7 Å². The predicted octanol–water partition coefficient (Wildman–Crippen LogP) is 2.73. The van der Waals surface area contributed by atoms with Crippen LogP contribution in [0.4, 0.5) is 0 Å². The maximum atomic E-state index is 12.0. The van der Waals surface area contributed by atoms with Gasteiger partial charge in [-0.25, -0.2) is 0 Å². The van der Waals surface area contributed by atoms with Crippen molar-refractivity contribution in [3.05, 3.63) is 35.4 Å². The number of amides is 1. The average molecular weight is 362 g/mol. The van der Waals surface area contributed by atoms with Gasteiger partial charge in [0.05, 0.1) is 0 Å². The molecule has 1 amide bonds. The second-order valence-corrected chi connectivity index (χ2v) is 6.39. The summed E-state index contributed by atoms with van der Waals surface area (Å²) in [5.41, 5.74) is 8.44. The third-order valence-corrected chi connectivity index (χ3v) is 4.15. The van der Waals surface area contributed by atoms with Crippen LogP contribution in [0.15, 0.2) is 24.3 Å². The van der Waals surface area contributed by atoms with Crippen molar-refractivity contribution in [3.8, 4) is 0 Å². The number of rotatable bonds is 6. The fourth-order valence-electron chi connectivity index (χ4n) is 3.03. The number of nitrogens with two attached hydrogens (primary N) is 1. The van der Waals surface area contributed by atoms with Crippen LogP contribution in [0.1, 0.15) is 36.8 Å². The van der Waals surface area contributed by atoms with Gasteiger partial charge in [0.1, 0.15) is 0 Å². The second kappa shape index (κ2) is 10.9. The minimum atomic E-state index is 0. The average Bonchev–Trinajstić information content (AvgIpc) is 2.82. The molecule has 0 aromatic heterocycles. The van der Waals surface area contributed by atoms with Crippen LogP contribution >= 0.6 is 24.8 Å². The molecule has 0 radical (unpaired) electrons. The zero-order valence-corrected chi connectivity index (χ0v) is 15.6. The van der Waals surface area contributed by atoms with Gasteiger partial charge in [-0.15, -0.1) is 24.8 Å². The van der Waals surface area contributed by atoms with E-state index in [2.05, 4.69) is 42.5 Å². The first-order valence-corrected chi connectivity index (χ1v) is 7.79. The molecule has 132 valence electrons. The molecular weight excluding hydrogens is 333 g/mol. The van der Waals surface area contributed by atoms with E-state index in [0.717, 1.165) is 31.4 Å². The van der Waals surface area contributed by atoms with Crippen molar-refractivity contribution in [1.82, 2.24) is 10.2 Å². The van der Waals surface area contributed by atoms with Crippen LogP contribution in [-0.4, -0.2) is 30.9 Å². The van der Waals surface area contributed by atoms with Gasteiger partial charge in [-0.2, -0.15) is 0 Å². The Labute approximate surface area is 152 Å². The molecule has 4 nitrogen and oxygen atoms in total. The second-order valence-electron chi connectivity index (χ2n) is 6.39. The van der Waals surface area contributed by atoms with E-state index >= 15 is 0 Å². The number of carbonyl (C=O) groups is 1. The molecule has 0 aliphatic heterocycles. The Morgan fingerprint density at radius 3 is 2.57 bits per heavy atom. The van der Waals surface area contributed by atoms with Gasteiger partial charge in [-0.05, 0) is 44.0 Å². The summed E-state index contributed by atoms with van der Waals surface area (Å²) in [6.07, 6.45) is 3.88. The number of hydrogen-bond donors (Lipinski definition) is 2. The molecule has 3 N–H and O–H groups in total. The normalized spacial score (nSPS) is 19.8. The first kappa shape index (κ1) is 22.2. The lowest BCUT2D eigenvalue weighted by Crippen LogP contribution is -2.31. The molecule has 1 aliphatic carbocycles. The van der Waals surface area contributed by atoms with Gasteiger partial charge in [0.2, 0.25) is 5.91 Å². The quantitative estimate of drug-likeness (QED) is 0.818. The third kappa shape index (κ3) is 7.53. The molecule has 2 atom stereocenters. The van der Waals surface area contributed by atoms with E-state index < -0.39 is 0 Å². The lowest BCUT2D eigenvalue weighted by Gasteiger charge is -2.15. The van der Waals surface area contributed by atoms with Crippen LogP contribution < -0.4 is 11.1 Å². The lowest BCUT2D eigenvalue weighted by atomic mass is 10.00. The Kier molecular flexibility index (Phi) is 10.5. The van der Waals surface area contributed by atoms with Crippen molar-refractivity contribution in [1.29, 1.82) is 0 Å². The molecule has 0 spiro atoms. The standard InChI is InChI=1S/C17H27N3O.2ClH/c1-20(2)12-14-6-3-5-13(9-14)11-19-17(21)10-15-7-4-8-16(15)18;;/h3,5-6,9,15-16H,4,7-8,10-12,18H2,1-2H3,(H,19,21);2*1H/t15-,16+;;/m0../s1. The Morgan fingerprint density at radius 2 is 1.96 bits per heavy atom. The maximum absolute atomic E-state index is 12.0. The molecule has 1 fully saturated rings. The lowest BCUT2D eigenvalue weighted by molar-refractivity contribution is -0.122. The minimum Gasteiger partial charge on any atom is -0.352 e. The highest BCUT2D eigenvalue weighted by atomic mass is 35.5. The number of carbonyl (C=O) groups excluding carboxylic acids is 1. The van der Waals surface area contributed by atoms with E-state index in [9.17, 15) is 4.79 Å². The van der Waals surface area contributed by atoms with Crippen molar-refractivity contribution in [2.45, 2.75) is 44.8 Å². The fourth-order valence-corrected chi connectivity index (χ4v) is 3.03. The molecule has 2 rings (SSSR count). The van der Waals surface area contributed by atoms with Crippen LogP contribution in [0.2, 0.25) is 0 Å². The van der Waals surface area contributed by atoms with Gasteiger partial charge in [-0.1, -0.05) is 30.7 Å². The van der Waals surface area contributed by atoms with Crippen molar-refractivity contribution >= 4 is 30.7 Å². The predicted molar refractivity (Wildman–Crippen MR) is 100 cm³/mol. The molecule has 23 heavy (non-hydrogen) atoms. The van der Waals surface area contributed by atoms with Gasteiger partial charge >= 0.3 is 0 Å². The van der Waals surface area contributed by atoms with Crippen LogP contribution in [0.5, 0.6) is 0 Å². The smallest absolute Gasteiger partial charge is 0.220 e. The molecule has 1 aliphatic rings. The summed E-state index contributed by atoms with van der Waals surface area (Å²) in [6, 6.07) is 8.58. The largest absolute Gasteiger partial charge is 0.352 e. The van der Waals surface area contributed by atoms with E-state index in [1.165, 1.54) is 5.56 Å². The SMILES string of the molecule is CN(C)Cc1cccc(CNC(=O)C[C@@H]2CCC[C@H]2N)c1.Cl.Cl. The summed E-state index contributed by atoms with van der Waals surface area (Å²) in [4.78, 5) is 14.1. The van der Waals surface area contributed by atoms with E-state index in [-0.39, 0.29) is 36.8 Å². The third-order valence-electron chi connectivity index (χ3n) is 4.15. The van der Waals surface area contributed by atoms with Gasteiger partial charge in [0, 0.05) is 25.6 Å². The number of nitrogens with one attached hydrogen (secondary N) is 1. The van der Waals surface area contributed by atoms with E-state index in [1.807, 2.05) is 6.07 Å². The Hall–Kier alpha value is -0.810. The van der Waals surface area contributed by atoms with Crippen molar-refractivity contribution in [2.75, 3.05) is 14.1 Å². The number of halogens is 2. The van der Waals surface area contributed by atoms with Crippen LogP contribution in [-0.2, 0) is 17.9 Å². The van der Waals surface area contributed by atoms with E-state index in [4.69, 9.17) is 5.73 Å². The first-order chi connectivity index (χ1) is 10.0. The van der Waals surface area contributed by atoms with Gasteiger partial charge in [0.25, 0.3) is 0 Å². The van der Waals surface area contributed by atoms with Crippen LogP contribution in [0, 0.1) is 5.92 Å². The molecular formula is C17H29Cl2N3O. The molecule has 6 heteroatoms. The number of benzene rings is 1. The highest BCUT2D eigenvalue weighted by Gasteiger charge is 2.25. The molecule has 1 aromatic carbocycles. The summed E-state index contributed by atoms with van der Waals surface area (Å²) in [5, 5.41) is 3.02. The minimum absolute atomic E-state index is 0. The number of hydrogen-bond acceptors (Lipinski definition) is 3. The van der Waals surface area contributed by atoms with E-state index in [0.29, 0.717) is 18.9 Å². The highest BCUT2D eigenvalue weighted by molar-refractivity contribution is 5.85. The van der Waals surface area contributed by atoms with E-state index in [1.54, 1.807) is 0 Å². The fraction of sp³-hybridized carbons (Fsp3) is 0.588. The molecule has 0 saturated heterocycles. The molecule has 1 saturated carbocycles. The van der Waals surface area contributed by atoms with Crippen molar-refractivity contribution in [3.63, 3.8) is 0 Å². The van der Waals surface area contributed by atoms with Crippen molar-refractivity contribution < 1.29 is 4.79 Å². The first-order valence-electron chi connectivity index (χ1n) is 7.79. The molecule has 0 bridgehead atoms. The summed E-state index contributed by atoms with van der Waals surface area (Å²) < 4.78 is 0. The van der Waals surface area contributed by atoms with Gasteiger partial charge < -0.3 is 16.0 Å². The monoisotopic (exact) mass is 361 g/mol.